The van der Waals surface area contributed by atoms with Crippen LogP contribution in [-0.4, -0.2) is 12.5 Å². The Bertz CT molecular complexity index is 611. The Balaban J connectivity index is 0.00000264. The molecule has 0 aliphatic carbocycles. The van der Waals surface area contributed by atoms with Crippen LogP contribution in [-0.2, 0) is 13.0 Å². The second kappa shape index (κ2) is 10.0. The van der Waals surface area contributed by atoms with Crippen LogP contribution in [0.5, 0.6) is 0 Å². The van der Waals surface area contributed by atoms with E-state index in [-0.39, 0.29) is 18.3 Å². The summed E-state index contributed by atoms with van der Waals surface area (Å²) in [7, 11) is 0. The second-order valence-electron chi connectivity index (χ2n) is 5.34. The number of para-hydroxylation sites is 1. The van der Waals surface area contributed by atoms with E-state index in [0.29, 0.717) is 5.56 Å². The molecule has 1 amide bonds. The minimum atomic E-state index is -0.0630. The minimum Gasteiger partial charge on any atom is -0.322 e. The van der Waals surface area contributed by atoms with Gasteiger partial charge >= 0.3 is 0 Å². The molecule has 0 saturated carbocycles. The molecule has 0 saturated heterocycles. The van der Waals surface area contributed by atoms with Crippen LogP contribution in [0, 0.1) is 0 Å². The number of halogens is 1. The summed E-state index contributed by atoms with van der Waals surface area (Å²) in [5.74, 6) is -0.0630. The van der Waals surface area contributed by atoms with Gasteiger partial charge in [-0.2, -0.15) is 0 Å². The molecule has 4 heteroatoms. The molecule has 23 heavy (non-hydrogen) atoms. The Morgan fingerprint density at radius 2 is 1.70 bits per heavy atom. The van der Waals surface area contributed by atoms with Crippen molar-refractivity contribution in [2.24, 2.45) is 0 Å². The molecular formula is C19H25ClN2O. The quantitative estimate of drug-likeness (QED) is 0.787. The van der Waals surface area contributed by atoms with E-state index in [4.69, 9.17) is 0 Å². The maximum atomic E-state index is 12.4. The van der Waals surface area contributed by atoms with Gasteiger partial charge in [0.25, 0.3) is 5.91 Å². The van der Waals surface area contributed by atoms with Gasteiger partial charge in [0.1, 0.15) is 0 Å². The molecular weight excluding hydrogens is 308 g/mol. The van der Waals surface area contributed by atoms with Crippen LogP contribution in [0.2, 0.25) is 0 Å². The summed E-state index contributed by atoms with van der Waals surface area (Å²) in [5.41, 5.74) is 3.93. The smallest absolute Gasteiger partial charge is 0.255 e. The third-order valence-electron chi connectivity index (χ3n) is 3.59. The van der Waals surface area contributed by atoms with Crippen molar-refractivity contribution < 1.29 is 4.79 Å². The lowest BCUT2D eigenvalue weighted by Gasteiger charge is -2.11. The summed E-state index contributed by atoms with van der Waals surface area (Å²) in [6.07, 6.45) is 2.16. The lowest BCUT2D eigenvalue weighted by molar-refractivity contribution is 0.102. The Morgan fingerprint density at radius 3 is 2.35 bits per heavy atom. The van der Waals surface area contributed by atoms with Crippen molar-refractivity contribution in [1.29, 1.82) is 0 Å². The normalized spacial score (nSPS) is 10.0. The highest BCUT2D eigenvalue weighted by Crippen LogP contribution is 2.16. The first-order valence-corrected chi connectivity index (χ1v) is 7.93. The number of carbonyl (C=O) groups is 1. The van der Waals surface area contributed by atoms with Crippen molar-refractivity contribution in [3.05, 3.63) is 65.2 Å². The van der Waals surface area contributed by atoms with Gasteiger partial charge in [-0.3, -0.25) is 4.79 Å². The first kappa shape index (κ1) is 19.2. The lowest BCUT2D eigenvalue weighted by Crippen LogP contribution is -2.17. The van der Waals surface area contributed by atoms with E-state index >= 15 is 0 Å². The van der Waals surface area contributed by atoms with E-state index in [1.165, 1.54) is 5.56 Å². The predicted octanol–water partition coefficient (Wildman–Crippen LogP) is 4.42. The zero-order chi connectivity index (χ0) is 15.8. The van der Waals surface area contributed by atoms with Gasteiger partial charge < -0.3 is 10.6 Å². The first-order chi connectivity index (χ1) is 10.7. The summed E-state index contributed by atoms with van der Waals surface area (Å²) in [5, 5.41) is 6.30. The molecule has 3 nitrogen and oxygen atoms in total. The average molecular weight is 333 g/mol. The molecule has 0 unspecified atom stereocenters. The van der Waals surface area contributed by atoms with Crippen molar-refractivity contribution in [3.8, 4) is 0 Å². The van der Waals surface area contributed by atoms with Crippen LogP contribution in [0.3, 0.4) is 0 Å². The zero-order valence-corrected chi connectivity index (χ0v) is 14.6. The number of benzene rings is 2. The van der Waals surface area contributed by atoms with Crippen LogP contribution in [0.1, 0.15) is 41.8 Å². The SMILES string of the molecule is CCCc1ccc(C(=O)Nc2ccccc2CNCC)cc1.Cl. The molecule has 124 valence electrons. The number of aryl methyl sites for hydroxylation is 1. The number of amides is 1. The standard InChI is InChI=1S/C19H24N2O.ClH/c1-3-7-15-10-12-16(13-11-15)19(22)21-18-9-6-5-8-17(18)14-20-4-2;/h5-6,8-13,20H,3-4,7,14H2,1-2H3,(H,21,22);1H. The van der Waals surface area contributed by atoms with Gasteiger partial charge in [-0.15, -0.1) is 12.4 Å². The van der Waals surface area contributed by atoms with E-state index in [9.17, 15) is 4.79 Å². The van der Waals surface area contributed by atoms with E-state index in [1.54, 1.807) is 0 Å². The highest BCUT2D eigenvalue weighted by Gasteiger charge is 2.08. The molecule has 2 N–H and O–H groups in total. The molecule has 2 aromatic carbocycles. The number of anilines is 1. The van der Waals surface area contributed by atoms with Crippen LogP contribution in [0.15, 0.2) is 48.5 Å². The maximum Gasteiger partial charge on any atom is 0.255 e. The number of hydrogen-bond donors (Lipinski definition) is 2. The fourth-order valence-corrected chi connectivity index (χ4v) is 2.36. The van der Waals surface area contributed by atoms with Crippen molar-refractivity contribution in [1.82, 2.24) is 5.32 Å². The molecule has 0 aromatic heterocycles. The highest BCUT2D eigenvalue weighted by atomic mass is 35.5. The maximum absolute atomic E-state index is 12.4. The van der Waals surface area contributed by atoms with E-state index < -0.39 is 0 Å². The van der Waals surface area contributed by atoms with Crippen molar-refractivity contribution in [2.75, 3.05) is 11.9 Å². The van der Waals surface area contributed by atoms with E-state index in [0.717, 1.165) is 37.2 Å². The molecule has 0 aliphatic heterocycles. The fraction of sp³-hybridized carbons (Fsp3) is 0.316. The number of hydrogen-bond acceptors (Lipinski definition) is 2. The van der Waals surface area contributed by atoms with Crippen LogP contribution < -0.4 is 10.6 Å². The van der Waals surface area contributed by atoms with Gasteiger partial charge in [0, 0.05) is 17.8 Å². The van der Waals surface area contributed by atoms with Crippen LogP contribution in [0.25, 0.3) is 0 Å². The Kier molecular flexibility index (Phi) is 8.38. The third-order valence-corrected chi connectivity index (χ3v) is 3.59. The molecule has 0 atom stereocenters. The van der Waals surface area contributed by atoms with Crippen LogP contribution in [0.4, 0.5) is 5.69 Å². The molecule has 0 aliphatic rings. The molecule has 0 radical (unpaired) electrons. The van der Waals surface area contributed by atoms with Gasteiger partial charge in [0.15, 0.2) is 0 Å². The number of nitrogens with one attached hydrogen (secondary N) is 2. The molecule has 0 spiro atoms. The van der Waals surface area contributed by atoms with Gasteiger partial charge in [0.2, 0.25) is 0 Å². The minimum absolute atomic E-state index is 0. The van der Waals surface area contributed by atoms with Crippen molar-refractivity contribution in [3.63, 3.8) is 0 Å². The molecule has 0 fully saturated rings. The molecule has 2 rings (SSSR count). The summed E-state index contributed by atoms with van der Waals surface area (Å²) in [6.45, 7) is 5.88. The predicted molar refractivity (Wildman–Crippen MR) is 99.5 cm³/mol. The monoisotopic (exact) mass is 332 g/mol. The average Bonchev–Trinajstić information content (AvgIpc) is 2.55. The van der Waals surface area contributed by atoms with E-state index in [2.05, 4.69) is 24.5 Å². The summed E-state index contributed by atoms with van der Waals surface area (Å²) >= 11 is 0. The summed E-state index contributed by atoms with van der Waals surface area (Å²) < 4.78 is 0. The van der Waals surface area contributed by atoms with Crippen LogP contribution >= 0.6 is 12.4 Å². The molecule has 0 bridgehead atoms. The number of carbonyl (C=O) groups excluding carboxylic acids is 1. The Hall–Kier alpha value is -1.84. The van der Waals surface area contributed by atoms with Gasteiger partial charge in [0.05, 0.1) is 0 Å². The van der Waals surface area contributed by atoms with Crippen molar-refractivity contribution in [2.45, 2.75) is 33.2 Å². The molecule has 0 heterocycles. The largest absolute Gasteiger partial charge is 0.322 e. The summed E-state index contributed by atoms with van der Waals surface area (Å²) in [4.78, 5) is 12.4. The number of rotatable bonds is 7. The third kappa shape index (κ3) is 5.70. The van der Waals surface area contributed by atoms with Gasteiger partial charge in [-0.05, 0) is 42.3 Å². The fourth-order valence-electron chi connectivity index (χ4n) is 2.36. The molecule has 2 aromatic rings. The first-order valence-electron chi connectivity index (χ1n) is 7.93. The van der Waals surface area contributed by atoms with Gasteiger partial charge in [-0.25, -0.2) is 0 Å². The lowest BCUT2D eigenvalue weighted by atomic mass is 10.1. The zero-order valence-electron chi connectivity index (χ0n) is 13.8. The highest BCUT2D eigenvalue weighted by molar-refractivity contribution is 6.04. The van der Waals surface area contributed by atoms with Gasteiger partial charge in [-0.1, -0.05) is 50.6 Å². The van der Waals surface area contributed by atoms with E-state index in [1.807, 2.05) is 48.5 Å². The Morgan fingerprint density at radius 1 is 1.00 bits per heavy atom. The summed E-state index contributed by atoms with van der Waals surface area (Å²) in [6, 6.07) is 15.8. The van der Waals surface area contributed by atoms with Crippen molar-refractivity contribution >= 4 is 24.0 Å². The Labute approximate surface area is 144 Å². The second-order valence-corrected chi connectivity index (χ2v) is 5.34. The topological polar surface area (TPSA) is 41.1 Å².